The Balaban J connectivity index is 4.92. The van der Waals surface area contributed by atoms with Crippen molar-refractivity contribution in [2.45, 2.75) is 51.0 Å². The summed E-state index contributed by atoms with van der Waals surface area (Å²) >= 11 is 0. The first-order valence-corrected chi connectivity index (χ1v) is 7.09. The Labute approximate surface area is 138 Å². The Morgan fingerprint density at radius 1 is 1.00 bits per heavy atom. The minimum absolute atomic E-state index is 0.610. The molecule has 0 spiro atoms. The molecule has 0 saturated carbocycles. The zero-order chi connectivity index (χ0) is 19.0. The number of hydrogen-bond donors (Lipinski definition) is 7. The predicted octanol–water partition coefficient (Wildman–Crippen LogP) is -2.66. The van der Waals surface area contributed by atoms with Gasteiger partial charge in [-0.2, -0.15) is 0 Å². The number of carboxylic acid groups (broad SMARTS) is 1. The van der Waals surface area contributed by atoms with Gasteiger partial charge in [0.1, 0.15) is 24.4 Å². The van der Waals surface area contributed by atoms with Gasteiger partial charge >= 0.3 is 11.9 Å². The summed E-state index contributed by atoms with van der Waals surface area (Å²) < 4.78 is 4.50. The van der Waals surface area contributed by atoms with Crippen molar-refractivity contribution >= 4 is 11.9 Å². The van der Waals surface area contributed by atoms with Gasteiger partial charge in [0.2, 0.25) is 6.29 Å². The molecular weight excluding hydrogens is 328 g/mol. The molecule has 0 aliphatic rings. The van der Waals surface area contributed by atoms with Gasteiger partial charge in [-0.3, -0.25) is 9.59 Å². The topological polar surface area (TPSA) is 185 Å². The molecule has 7 N–H and O–H groups in total. The molecule has 0 aromatic rings. The van der Waals surface area contributed by atoms with E-state index < -0.39 is 61.6 Å². The third-order valence-corrected chi connectivity index (χ3v) is 3.04. The molecule has 0 aliphatic heterocycles. The van der Waals surface area contributed by atoms with E-state index in [0.29, 0.717) is 5.57 Å². The Morgan fingerprint density at radius 3 is 1.96 bits per heavy atom. The molecule has 2 unspecified atom stereocenters. The molecule has 140 valence electrons. The van der Waals surface area contributed by atoms with Crippen molar-refractivity contribution in [1.29, 1.82) is 0 Å². The summed E-state index contributed by atoms with van der Waals surface area (Å²) in [4.78, 5) is 22.6. The summed E-state index contributed by atoms with van der Waals surface area (Å²) in [6.07, 6.45) is -9.71. The van der Waals surface area contributed by atoms with Crippen LogP contribution in [0.15, 0.2) is 11.6 Å². The number of carbonyl (C=O) groups excluding carboxylic acids is 1. The number of rotatable bonds is 10. The van der Waals surface area contributed by atoms with Crippen molar-refractivity contribution in [1.82, 2.24) is 0 Å². The summed E-state index contributed by atoms with van der Waals surface area (Å²) in [7, 11) is 0. The lowest BCUT2D eigenvalue weighted by Gasteiger charge is -2.28. The number of ether oxygens (including phenoxy) is 1. The number of esters is 1. The van der Waals surface area contributed by atoms with Crippen molar-refractivity contribution in [2.24, 2.45) is 5.92 Å². The zero-order valence-electron chi connectivity index (χ0n) is 13.3. The molecular formula is C14H24O10. The van der Waals surface area contributed by atoms with Crippen LogP contribution in [0.5, 0.6) is 0 Å². The number of aliphatic hydroxyl groups is 6. The van der Waals surface area contributed by atoms with Gasteiger partial charge in [0.15, 0.2) is 0 Å². The maximum Gasteiger partial charge on any atom is 0.315 e. The van der Waals surface area contributed by atoms with Crippen LogP contribution in [0.4, 0.5) is 0 Å². The zero-order valence-corrected chi connectivity index (χ0v) is 13.3. The van der Waals surface area contributed by atoms with Gasteiger partial charge < -0.3 is 40.5 Å². The van der Waals surface area contributed by atoms with E-state index >= 15 is 0 Å². The second kappa shape index (κ2) is 10.3. The molecule has 0 saturated heterocycles. The van der Waals surface area contributed by atoms with Crippen LogP contribution in [0, 0.1) is 5.92 Å². The molecule has 10 nitrogen and oxygen atoms in total. The Hall–Kier alpha value is -1.56. The molecule has 10 heteroatoms. The third-order valence-electron chi connectivity index (χ3n) is 3.04. The highest BCUT2D eigenvalue weighted by Crippen LogP contribution is 2.15. The summed E-state index contributed by atoms with van der Waals surface area (Å²) in [5.41, 5.74) is 0.620. The first-order valence-electron chi connectivity index (χ1n) is 7.09. The van der Waals surface area contributed by atoms with E-state index in [0.717, 1.165) is 0 Å². The number of carbonyl (C=O) groups is 2. The molecule has 0 rings (SSSR count). The molecule has 0 fully saturated rings. The van der Waals surface area contributed by atoms with Crippen molar-refractivity contribution in [3.8, 4) is 0 Å². The molecule has 0 bridgehead atoms. The van der Waals surface area contributed by atoms with Crippen molar-refractivity contribution in [2.75, 3.05) is 6.61 Å². The highest BCUT2D eigenvalue weighted by molar-refractivity contribution is 5.80. The fraction of sp³-hybridized carbons (Fsp3) is 0.714. The maximum atomic E-state index is 11.9. The van der Waals surface area contributed by atoms with E-state index in [2.05, 4.69) is 4.74 Å². The van der Waals surface area contributed by atoms with Crippen LogP contribution in [0.3, 0.4) is 0 Å². The number of allylic oxidation sites excluding steroid dienone is 1. The minimum Gasteiger partial charge on any atom is -0.481 e. The van der Waals surface area contributed by atoms with E-state index in [9.17, 15) is 30.0 Å². The molecule has 0 radical (unpaired) electrons. The average molecular weight is 352 g/mol. The minimum atomic E-state index is -2.28. The number of aliphatic carboxylic acids is 1. The maximum absolute atomic E-state index is 11.9. The average Bonchev–Trinajstić information content (AvgIpc) is 2.50. The van der Waals surface area contributed by atoms with Gasteiger partial charge in [-0.25, -0.2) is 0 Å². The van der Waals surface area contributed by atoms with E-state index in [1.54, 1.807) is 13.8 Å². The summed E-state index contributed by atoms with van der Waals surface area (Å²) in [6, 6.07) is 0. The standard InChI is InChI=1S/C14H24O10/c1-6(2)3-7(4-9(17)18)13(22)24-14(23)12(21)11(20)10(19)8(16)5-15/h3,7-8,10-12,14-16,19-21,23H,4-5H2,1-2H3,(H,17,18)/t7?,8-,10-,11+,12-,14?/m1/s1. The van der Waals surface area contributed by atoms with Crippen LogP contribution in [0.25, 0.3) is 0 Å². The second-order valence-corrected chi connectivity index (χ2v) is 5.50. The summed E-state index contributed by atoms with van der Waals surface area (Å²) in [5.74, 6) is -3.67. The molecule has 0 aromatic carbocycles. The smallest absolute Gasteiger partial charge is 0.315 e. The number of aliphatic hydroxyl groups excluding tert-OH is 6. The van der Waals surface area contributed by atoms with Crippen LogP contribution in [-0.4, -0.2) is 85.0 Å². The first kappa shape index (κ1) is 22.4. The Kier molecular flexibility index (Phi) is 9.66. The molecule has 6 atom stereocenters. The molecule has 0 heterocycles. The van der Waals surface area contributed by atoms with Gasteiger partial charge in [-0.1, -0.05) is 11.6 Å². The summed E-state index contributed by atoms with van der Waals surface area (Å²) in [5, 5.41) is 64.8. The van der Waals surface area contributed by atoms with Crippen LogP contribution < -0.4 is 0 Å². The largest absolute Gasteiger partial charge is 0.481 e. The Morgan fingerprint density at radius 2 is 1.54 bits per heavy atom. The van der Waals surface area contributed by atoms with E-state index in [1.807, 2.05) is 0 Å². The first-order chi connectivity index (χ1) is 11.0. The van der Waals surface area contributed by atoms with Crippen LogP contribution in [-0.2, 0) is 14.3 Å². The highest BCUT2D eigenvalue weighted by Gasteiger charge is 2.36. The lowest BCUT2D eigenvalue weighted by molar-refractivity contribution is -0.215. The number of carboxylic acids is 1. The molecule has 0 aromatic heterocycles. The highest BCUT2D eigenvalue weighted by atomic mass is 16.6. The van der Waals surface area contributed by atoms with Gasteiger partial charge in [-0.05, 0) is 13.8 Å². The van der Waals surface area contributed by atoms with Crippen molar-refractivity contribution in [3.63, 3.8) is 0 Å². The fourth-order valence-electron chi connectivity index (χ4n) is 1.78. The van der Waals surface area contributed by atoms with Crippen LogP contribution in [0.1, 0.15) is 20.3 Å². The van der Waals surface area contributed by atoms with E-state index in [4.69, 9.17) is 15.3 Å². The SMILES string of the molecule is CC(C)=CC(CC(=O)O)C(=O)OC(O)[C@H](O)[C@@H](O)[C@H](O)[C@H](O)CO. The summed E-state index contributed by atoms with van der Waals surface area (Å²) in [6.45, 7) is 2.32. The normalized spacial score (nSPS) is 18.7. The lowest BCUT2D eigenvalue weighted by Crippen LogP contribution is -2.51. The van der Waals surface area contributed by atoms with Gasteiger partial charge in [0.25, 0.3) is 0 Å². The fourth-order valence-corrected chi connectivity index (χ4v) is 1.78. The van der Waals surface area contributed by atoms with Gasteiger partial charge in [0.05, 0.1) is 18.9 Å². The second-order valence-electron chi connectivity index (χ2n) is 5.50. The quantitative estimate of drug-likeness (QED) is 0.124. The van der Waals surface area contributed by atoms with E-state index in [1.165, 1.54) is 6.08 Å². The molecule has 0 amide bonds. The van der Waals surface area contributed by atoms with Crippen molar-refractivity contribution < 1.29 is 50.1 Å². The van der Waals surface area contributed by atoms with Crippen molar-refractivity contribution in [3.05, 3.63) is 11.6 Å². The van der Waals surface area contributed by atoms with Gasteiger partial charge in [0, 0.05) is 0 Å². The van der Waals surface area contributed by atoms with E-state index in [-0.39, 0.29) is 0 Å². The predicted molar refractivity (Wildman–Crippen MR) is 78.4 cm³/mol. The van der Waals surface area contributed by atoms with Gasteiger partial charge in [-0.15, -0.1) is 0 Å². The van der Waals surface area contributed by atoms with Crippen LogP contribution >= 0.6 is 0 Å². The molecule has 0 aliphatic carbocycles. The number of hydrogen-bond acceptors (Lipinski definition) is 9. The third kappa shape index (κ3) is 7.34. The van der Waals surface area contributed by atoms with Crippen LogP contribution in [0.2, 0.25) is 0 Å². The monoisotopic (exact) mass is 352 g/mol. The molecule has 24 heavy (non-hydrogen) atoms. The Bertz CT molecular complexity index is 445. The lowest BCUT2D eigenvalue weighted by atomic mass is 10.0.